The van der Waals surface area contributed by atoms with Crippen molar-refractivity contribution in [2.75, 3.05) is 24.6 Å². The largest absolute Gasteiger partial charge is 0.492 e. The zero-order valence-corrected chi connectivity index (χ0v) is 9.24. The molecule has 1 fully saturated rings. The molecule has 2 aliphatic heterocycles. The number of Topliss-reactive ketones (excluding diaryl/α,β-unsaturated/α-hetero) is 1. The van der Waals surface area contributed by atoms with Gasteiger partial charge in [-0.05, 0) is 25.0 Å². The van der Waals surface area contributed by atoms with Crippen LogP contribution in [0.3, 0.4) is 0 Å². The van der Waals surface area contributed by atoms with Crippen molar-refractivity contribution in [1.82, 2.24) is 0 Å². The first kappa shape index (κ1) is 9.70. The molecule has 16 heavy (non-hydrogen) atoms. The fraction of sp³-hybridized carbons (Fsp3) is 0.462. The quantitative estimate of drug-likeness (QED) is 0.722. The number of hydrogen-bond acceptors (Lipinski definition) is 3. The van der Waals surface area contributed by atoms with E-state index < -0.39 is 0 Å². The fourth-order valence-electron chi connectivity index (χ4n) is 2.52. The molecular weight excluding hydrogens is 202 g/mol. The van der Waals surface area contributed by atoms with Crippen LogP contribution in [-0.4, -0.2) is 25.5 Å². The van der Waals surface area contributed by atoms with E-state index in [2.05, 4.69) is 4.90 Å². The number of nitrogens with zero attached hydrogens (tertiary/aromatic N) is 1. The molecule has 0 N–H and O–H groups in total. The number of rotatable bonds is 1. The van der Waals surface area contributed by atoms with Crippen molar-refractivity contribution in [3.63, 3.8) is 0 Å². The van der Waals surface area contributed by atoms with Crippen LogP contribution in [0.15, 0.2) is 18.2 Å². The molecule has 3 heteroatoms. The first-order valence-electron chi connectivity index (χ1n) is 5.90. The van der Waals surface area contributed by atoms with Crippen LogP contribution in [0.2, 0.25) is 0 Å². The molecule has 0 spiro atoms. The Morgan fingerprint density at radius 2 is 2.00 bits per heavy atom. The number of carbonyl (C=O) groups excluding carboxylic acids is 1. The molecule has 0 radical (unpaired) electrons. The van der Waals surface area contributed by atoms with Gasteiger partial charge in [-0.25, -0.2) is 0 Å². The van der Waals surface area contributed by atoms with Crippen molar-refractivity contribution in [1.29, 1.82) is 0 Å². The Morgan fingerprint density at radius 1 is 1.19 bits per heavy atom. The highest BCUT2D eigenvalue weighted by Crippen LogP contribution is 2.34. The third-order valence-electron chi connectivity index (χ3n) is 3.32. The van der Waals surface area contributed by atoms with Crippen LogP contribution in [0.25, 0.3) is 0 Å². The van der Waals surface area contributed by atoms with Gasteiger partial charge >= 0.3 is 0 Å². The minimum atomic E-state index is 0.226. The van der Waals surface area contributed by atoms with Crippen LogP contribution in [0.5, 0.6) is 5.75 Å². The number of fused-ring (bicyclic) bond motifs is 1. The summed E-state index contributed by atoms with van der Waals surface area (Å²) in [7, 11) is 0. The number of benzene rings is 1. The van der Waals surface area contributed by atoms with Crippen LogP contribution in [0.4, 0.5) is 5.69 Å². The van der Waals surface area contributed by atoms with E-state index in [0.29, 0.717) is 13.0 Å². The zero-order valence-electron chi connectivity index (χ0n) is 9.24. The zero-order chi connectivity index (χ0) is 11.0. The molecule has 0 atom stereocenters. The molecule has 1 aromatic carbocycles. The number of hydrogen-bond donors (Lipinski definition) is 0. The maximum Gasteiger partial charge on any atom is 0.172 e. The van der Waals surface area contributed by atoms with E-state index in [1.165, 1.54) is 12.8 Å². The van der Waals surface area contributed by atoms with E-state index in [9.17, 15) is 4.79 Å². The van der Waals surface area contributed by atoms with Crippen molar-refractivity contribution in [3.8, 4) is 5.75 Å². The summed E-state index contributed by atoms with van der Waals surface area (Å²) in [5, 5.41) is 0. The van der Waals surface area contributed by atoms with Crippen molar-refractivity contribution in [2.45, 2.75) is 19.3 Å². The third kappa shape index (κ3) is 1.47. The lowest BCUT2D eigenvalue weighted by Crippen LogP contribution is -2.24. The Balaban J connectivity index is 2.07. The van der Waals surface area contributed by atoms with Gasteiger partial charge in [0, 0.05) is 19.5 Å². The van der Waals surface area contributed by atoms with Crippen molar-refractivity contribution in [2.24, 2.45) is 0 Å². The Morgan fingerprint density at radius 3 is 2.81 bits per heavy atom. The van der Waals surface area contributed by atoms with Gasteiger partial charge in [0.15, 0.2) is 5.78 Å². The van der Waals surface area contributed by atoms with Gasteiger partial charge < -0.3 is 9.64 Å². The molecule has 0 bridgehead atoms. The highest BCUT2D eigenvalue weighted by molar-refractivity contribution is 6.04. The second-order valence-electron chi connectivity index (χ2n) is 4.37. The van der Waals surface area contributed by atoms with Gasteiger partial charge in [-0.15, -0.1) is 0 Å². The number of ketones is 1. The monoisotopic (exact) mass is 217 g/mol. The minimum Gasteiger partial charge on any atom is -0.492 e. The van der Waals surface area contributed by atoms with E-state index in [4.69, 9.17) is 4.74 Å². The summed E-state index contributed by atoms with van der Waals surface area (Å²) in [4.78, 5) is 14.3. The van der Waals surface area contributed by atoms with Crippen LogP contribution in [-0.2, 0) is 0 Å². The highest BCUT2D eigenvalue weighted by atomic mass is 16.5. The summed E-state index contributed by atoms with van der Waals surface area (Å²) in [5.74, 6) is 0.990. The molecule has 0 aromatic heterocycles. The van der Waals surface area contributed by atoms with E-state index in [1.807, 2.05) is 18.2 Å². The molecular formula is C13H15NO2. The van der Waals surface area contributed by atoms with Crippen LogP contribution in [0.1, 0.15) is 29.6 Å². The predicted molar refractivity (Wildman–Crippen MR) is 62.3 cm³/mol. The molecule has 0 saturated carbocycles. The maximum atomic E-state index is 12.0. The third-order valence-corrected chi connectivity index (χ3v) is 3.32. The lowest BCUT2D eigenvalue weighted by molar-refractivity contribution is 0.0934. The van der Waals surface area contributed by atoms with E-state index in [0.717, 1.165) is 30.1 Å². The van der Waals surface area contributed by atoms with Crippen LogP contribution >= 0.6 is 0 Å². The number of anilines is 1. The number of ether oxygens (including phenoxy) is 1. The average molecular weight is 217 g/mol. The maximum absolute atomic E-state index is 12.0. The van der Waals surface area contributed by atoms with Crippen molar-refractivity contribution in [3.05, 3.63) is 23.8 Å². The second kappa shape index (κ2) is 3.81. The summed E-state index contributed by atoms with van der Waals surface area (Å²) in [5.41, 5.74) is 1.87. The smallest absolute Gasteiger partial charge is 0.172 e. The van der Waals surface area contributed by atoms with Gasteiger partial charge in [-0.3, -0.25) is 4.79 Å². The summed E-state index contributed by atoms with van der Waals surface area (Å²) in [6.07, 6.45) is 2.95. The van der Waals surface area contributed by atoms with Crippen LogP contribution < -0.4 is 9.64 Å². The summed E-state index contributed by atoms with van der Waals surface area (Å²) in [6.45, 7) is 2.64. The first-order valence-corrected chi connectivity index (χ1v) is 5.90. The Kier molecular flexibility index (Phi) is 2.31. The van der Waals surface area contributed by atoms with Gasteiger partial charge in [-0.2, -0.15) is 0 Å². The van der Waals surface area contributed by atoms with E-state index in [-0.39, 0.29) is 5.78 Å². The molecule has 0 aliphatic carbocycles. The van der Waals surface area contributed by atoms with Crippen molar-refractivity contribution >= 4 is 11.5 Å². The van der Waals surface area contributed by atoms with Gasteiger partial charge in [0.25, 0.3) is 0 Å². The minimum absolute atomic E-state index is 0.226. The normalized spacial score (nSPS) is 19.5. The second-order valence-corrected chi connectivity index (χ2v) is 4.37. The molecule has 0 unspecified atom stereocenters. The predicted octanol–water partition coefficient (Wildman–Crippen LogP) is 2.25. The molecule has 1 aromatic rings. The first-order chi connectivity index (χ1) is 7.86. The van der Waals surface area contributed by atoms with Gasteiger partial charge in [0.1, 0.15) is 5.75 Å². The van der Waals surface area contributed by atoms with Gasteiger partial charge in [0.05, 0.1) is 17.9 Å². The SMILES string of the molecule is O=C1CCOc2cccc(N3CCCC3)c21. The Bertz CT molecular complexity index is 422. The topological polar surface area (TPSA) is 29.5 Å². The van der Waals surface area contributed by atoms with Gasteiger partial charge in [0.2, 0.25) is 0 Å². The standard InChI is InChI=1S/C13H15NO2/c15-11-6-9-16-12-5-3-4-10(13(11)12)14-7-1-2-8-14/h3-5H,1-2,6-9H2. The van der Waals surface area contributed by atoms with E-state index >= 15 is 0 Å². The lowest BCUT2D eigenvalue weighted by Gasteiger charge is -2.25. The molecule has 3 rings (SSSR count). The lowest BCUT2D eigenvalue weighted by atomic mass is 10.0. The van der Waals surface area contributed by atoms with Gasteiger partial charge in [-0.1, -0.05) is 6.07 Å². The molecule has 1 saturated heterocycles. The molecule has 3 nitrogen and oxygen atoms in total. The van der Waals surface area contributed by atoms with Crippen LogP contribution in [0, 0.1) is 0 Å². The Hall–Kier alpha value is -1.51. The molecule has 2 heterocycles. The Labute approximate surface area is 95.0 Å². The summed E-state index contributed by atoms with van der Waals surface area (Å²) < 4.78 is 5.55. The molecule has 84 valence electrons. The average Bonchev–Trinajstić information content (AvgIpc) is 2.82. The summed E-state index contributed by atoms with van der Waals surface area (Å²) in [6, 6.07) is 5.91. The van der Waals surface area contributed by atoms with E-state index in [1.54, 1.807) is 0 Å². The highest BCUT2D eigenvalue weighted by Gasteiger charge is 2.25. The number of carbonyl (C=O) groups is 1. The molecule has 2 aliphatic rings. The fourth-order valence-corrected chi connectivity index (χ4v) is 2.52. The summed E-state index contributed by atoms with van der Waals surface area (Å²) >= 11 is 0. The van der Waals surface area contributed by atoms with Crippen molar-refractivity contribution < 1.29 is 9.53 Å². The molecule has 0 amide bonds.